The van der Waals surface area contributed by atoms with Crippen molar-refractivity contribution in [1.29, 1.82) is 0 Å². The van der Waals surface area contributed by atoms with Crippen LogP contribution in [-0.2, 0) is 14.8 Å². The van der Waals surface area contributed by atoms with E-state index < -0.39 is 40.4 Å². The molecular formula is C22H28FN3NaO6S+. The average Bonchev–Trinajstić information content (AvgIpc) is 2.70. The van der Waals surface area contributed by atoms with Crippen molar-refractivity contribution in [2.24, 2.45) is 0 Å². The van der Waals surface area contributed by atoms with E-state index in [0.29, 0.717) is 22.5 Å². The minimum atomic E-state index is -3.65. The van der Waals surface area contributed by atoms with E-state index in [1.807, 2.05) is 13.8 Å². The van der Waals surface area contributed by atoms with Gasteiger partial charge in [-0.15, -0.1) is 0 Å². The first-order chi connectivity index (χ1) is 15.3. The first kappa shape index (κ1) is 30.1. The molecule has 1 heterocycles. The van der Waals surface area contributed by atoms with Gasteiger partial charge >= 0.3 is 35.5 Å². The van der Waals surface area contributed by atoms with E-state index in [2.05, 4.69) is 9.97 Å². The summed E-state index contributed by atoms with van der Waals surface area (Å²) in [6, 6.07) is 5.49. The molecule has 2 aromatic rings. The second-order valence-corrected chi connectivity index (χ2v) is 9.99. The van der Waals surface area contributed by atoms with E-state index in [4.69, 9.17) is 5.11 Å². The number of hydrogen-bond donors (Lipinski definition) is 3. The summed E-state index contributed by atoms with van der Waals surface area (Å²) >= 11 is 0. The summed E-state index contributed by atoms with van der Waals surface area (Å²) in [6.45, 7) is 3.71. The summed E-state index contributed by atoms with van der Waals surface area (Å²) in [6.07, 6.45) is 0.860. The van der Waals surface area contributed by atoms with Crippen LogP contribution >= 0.6 is 0 Å². The number of anilines is 1. The fourth-order valence-electron chi connectivity index (χ4n) is 3.05. The van der Waals surface area contributed by atoms with Gasteiger partial charge in [0.25, 0.3) is 0 Å². The summed E-state index contributed by atoms with van der Waals surface area (Å²) in [7, 11) is -2.33. The predicted octanol–water partition coefficient (Wildman–Crippen LogP) is -0.594. The molecule has 0 aliphatic heterocycles. The Labute approximate surface area is 220 Å². The number of carboxylic acids is 1. The van der Waals surface area contributed by atoms with Crippen LogP contribution < -0.4 is 33.9 Å². The Bertz CT molecular complexity index is 1130. The molecule has 0 bridgehead atoms. The maximum atomic E-state index is 13.5. The Morgan fingerprint density at radius 1 is 1.18 bits per heavy atom. The monoisotopic (exact) mass is 504 g/mol. The summed E-state index contributed by atoms with van der Waals surface area (Å²) in [5, 5.41) is 28.8. The Balaban J connectivity index is 0.00000578. The van der Waals surface area contributed by atoms with Crippen molar-refractivity contribution >= 4 is 28.0 Å². The van der Waals surface area contributed by atoms with Gasteiger partial charge in [0, 0.05) is 24.6 Å². The second-order valence-electron chi connectivity index (χ2n) is 7.98. The van der Waals surface area contributed by atoms with E-state index in [0.717, 1.165) is 10.6 Å². The van der Waals surface area contributed by atoms with Gasteiger partial charge in [-0.25, -0.2) is 27.1 Å². The van der Waals surface area contributed by atoms with Crippen molar-refractivity contribution in [1.82, 2.24) is 9.97 Å². The number of carboxylic acid groups (broad SMARTS) is 1. The number of aliphatic carboxylic acids is 1. The minimum absolute atomic E-state index is 0. The Morgan fingerprint density at radius 3 is 2.26 bits per heavy atom. The summed E-state index contributed by atoms with van der Waals surface area (Å²) in [5.74, 6) is -1.87. The molecular weight excluding hydrogens is 476 g/mol. The van der Waals surface area contributed by atoms with E-state index in [-0.39, 0.29) is 47.8 Å². The molecule has 0 aliphatic carbocycles. The number of hydrogen-bond acceptors (Lipinski definition) is 7. The van der Waals surface area contributed by atoms with Gasteiger partial charge in [0.05, 0.1) is 36.3 Å². The molecule has 3 N–H and O–H groups in total. The molecule has 0 aliphatic rings. The molecule has 0 radical (unpaired) electrons. The number of rotatable bonds is 10. The van der Waals surface area contributed by atoms with Gasteiger partial charge in [-0.05, 0) is 30.2 Å². The standard InChI is InChI=1S/C22H28FN3O6S.Na/c1-13(2)20-18(10-9-16(27)11-17(28)12-19(29)30)21(14-5-7-15(23)8-6-14)25-22(24-20)26(3)33(4,31)32;/h5-10,13,16-17,27-28H,11-12H2,1-4H3,(H,29,30);/q;+1/b10-9+;. The number of benzene rings is 1. The summed E-state index contributed by atoms with van der Waals surface area (Å²) in [4.78, 5) is 19.6. The molecule has 0 saturated carbocycles. The number of nitrogens with zero attached hydrogens (tertiary/aromatic N) is 3. The Morgan fingerprint density at radius 2 is 1.76 bits per heavy atom. The van der Waals surface area contributed by atoms with Gasteiger partial charge in [-0.1, -0.05) is 26.0 Å². The average molecular weight is 505 g/mol. The zero-order chi connectivity index (χ0) is 24.9. The predicted molar refractivity (Wildman–Crippen MR) is 123 cm³/mol. The number of aliphatic hydroxyl groups is 2. The topological polar surface area (TPSA) is 141 Å². The first-order valence-corrected chi connectivity index (χ1v) is 12.0. The number of halogens is 1. The SMILES string of the molecule is CC(C)c1nc(N(C)S(C)(=O)=O)nc(-c2ccc(F)cc2)c1/C=C/C(O)CC(O)CC(=O)O.[Na+]. The van der Waals surface area contributed by atoms with Gasteiger partial charge < -0.3 is 15.3 Å². The van der Waals surface area contributed by atoms with E-state index in [1.54, 1.807) is 0 Å². The summed E-state index contributed by atoms with van der Waals surface area (Å²) < 4.78 is 38.6. The quantitative estimate of drug-likeness (QED) is 0.365. The molecule has 2 rings (SSSR count). The molecule has 0 spiro atoms. The molecule has 2 atom stereocenters. The molecule has 2 unspecified atom stereocenters. The maximum absolute atomic E-state index is 13.5. The first-order valence-electron chi connectivity index (χ1n) is 10.2. The number of aromatic nitrogens is 2. The second kappa shape index (κ2) is 12.7. The van der Waals surface area contributed by atoms with Crippen LogP contribution in [0.2, 0.25) is 0 Å². The van der Waals surface area contributed by atoms with Crippen LogP contribution in [0.15, 0.2) is 30.3 Å². The maximum Gasteiger partial charge on any atom is 1.00 e. The van der Waals surface area contributed by atoms with Crippen LogP contribution in [0.5, 0.6) is 0 Å². The van der Waals surface area contributed by atoms with Crippen molar-refractivity contribution < 1.29 is 62.5 Å². The fourth-order valence-corrected chi connectivity index (χ4v) is 3.42. The van der Waals surface area contributed by atoms with Crippen molar-refractivity contribution in [2.75, 3.05) is 17.6 Å². The molecule has 34 heavy (non-hydrogen) atoms. The van der Waals surface area contributed by atoms with Crippen molar-refractivity contribution in [3.8, 4) is 11.3 Å². The van der Waals surface area contributed by atoms with Crippen LogP contribution in [0.3, 0.4) is 0 Å². The van der Waals surface area contributed by atoms with Crippen molar-refractivity contribution in [3.63, 3.8) is 0 Å². The zero-order valence-corrected chi connectivity index (χ0v) is 22.6. The molecule has 1 aromatic heterocycles. The van der Waals surface area contributed by atoms with Crippen LogP contribution in [0, 0.1) is 5.82 Å². The number of sulfonamides is 1. The van der Waals surface area contributed by atoms with E-state index >= 15 is 0 Å². The van der Waals surface area contributed by atoms with Gasteiger partial charge in [0.15, 0.2) is 0 Å². The zero-order valence-electron chi connectivity index (χ0n) is 19.8. The van der Waals surface area contributed by atoms with Crippen LogP contribution in [-0.4, -0.2) is 65.2 Å². The molecule has 1 aromatic carbocycles. The molecule has 0 fully saturated rings. The molecule has 180 valence electrons. The van der Waals surface area contributed by atoms with Crippen LogP contribution in [0.4, 0.5) is 10.3 Å². The van der Waals surface area contributed by atoms with Gasteiger partial charge in [0.2, 0.25) is 16.0 Å². The van der Waals surface area contributed by atoms with Gasteiger partial charge in [0.1, 0.15) is 5.82 Å². The normalized spacial score (nSPS) is 13.5. The minimum Gasteiger partial charge on any atom is -0.481 e. The molecule has 0 saturated heterocycles. The Kier molecular flexibility index (Phi) is 11.3. The third-order valence-electron chi connectivity index (χ3n) is 4.82. The van der Waals surface area contributed by atoms with Crippen LogP contribution in [0.1, 0.15) is 43.9 Å². The summed E-state index contributed by atoms with van der Waals surface area (Å²) in [5.41, 5.74) is 1.80. The smallest absolute Gasteiger partial charge is 0.481 e. The van der Waals surface area contributed by atoms with E-state index in [1.165, 1.54) is 43.5 Å². The van der Waals surface area contributed by atoms with E-state index in [9.17, 15) is 27.8 Å². The largest absolute Gasteiger partial charge is 1.00 e. The van der Waals surface area contributed by atoms with Crippen molar-refractivity contribution in [2.45, 2.75) is 44.8 Å². The molecule has 0 amide bonds. The number of carbonyl (C=O) groups is 1. The number of aliphatic hydroxyl groups excluding tert-OH is 2. The fraction of sp³-hybridized carbons (Fsp3) is 0.409. The Hall–Kier alpha value is -1.89. The third-order valence-corrected chi connectivity index (χ3v) is 5.97. The van der Waals surface area contributed by atoms with Gasteiger partial charge in [-0.3, -0.25) is 4.79 Å². The van der Waals surface area contributed by atoms with Crippen LogP contribution in [0.25, 0.3) is 17.3 Å². The van der Waals surface area contributed by atoms with Gasteiger partial charge in [-0.2, -0.15) is 0 Å². The molecule has 12 heteroatoms. The third kappa shape index (κ3) is 8.40. The molecule has 9 nitrogen and oxygen atoms in total. The van der Waals surface area contributed by atoms with Crippen molar-refractivity contribution in [3.05, 3.63) is 47.4 Å².